The van der Waals surface area contributed by atoms with E-state index < -0.39 is 0 Å². The van der Waals surface area contributed by atoms with E-state index in [9.17, 15) is 0 Å². The molecule has 0 radical (unpaired) electrons. The second kappa shape index (κ2) is 6.38. The molecule has 6 heteroatoms. The second-order valence-electron chi connectivity index (χ2n) is 4.38. The molecule has 0 bridgehead atoms. The first-order valence-electron chi connectivity index (χ1n) is 5.99. The van der Waals surface area contributed by atoms with Crippen LogP contribution in [0.5, 0.6) is 0 Å². The Bertz CT molecular complexity index is 613. The van der Waals surface area contributed by atoms with Gasteiger partial charge in [-0.25, -0.2) is 4.98 Å². The third-order valence-electron chi connectivity index (χ3n) is 2.85. The Hall–Kier alpha value is -2.08. The molecule has 1 heterocycles. The largest absolute Gasteiger partial charge is 0.409 e. The molecule has 3 N–H and O–H groups in total. The summed E-state index contributed by atoms with van der Waals surface area (Å²) in [6, 6.07) is 11.7. The van der Waals surface area contributed by atoms with Gasteiger partial charge in [-0.1, -0.05) is 33.2 Å². The van der Waals surface area contributed by atoms with E-state index in [0.29, 0.717) is 5.56 Å². The number of aromatic nitrogens is 1. The molecule has 2 rings (SSSR count). The number of pyridine rings is 1. The molecule has 0 aliphatic heterocycles. The van der Waals surface area contributed by atoms with Crippen molar-refractivity contribution in [3.05, 3.63) is 58.2 Å². The fourth-order valence-electron chi connectivity index (χ4n) is 1.81. The van der Waals surface area contributed by atoms with Crippen molar-refractivity contribution in [1.82, 2.24) is 4.98 Å². The Morgan fingerprint density at radius 1 is 1.40 bits per heavy atom. The molecular formula is C14H15BrN4O. The van der Waals surface area contributed by atoms with Crippen molar-refractivity contribution in [3.63, 3.8) is 0 Å². The Morgan fingerprint density at radius 2 is 2.20 bits per heavy atom. The zero-order chi connectivity index (χ0) is 14.5. The van der Waals surface area contributed by atoms with Crippen LogP contribution in [-0.4, -0.2) is 23.1 Å². The predicted molar refractivity (Wildman–Crippen MR) is 83.0 cm³/mol. The molecule has 0 unspecified atom stereocenters. The number of amidine groups is 1. The minimum Gasteiger partial charge on any atom is -0.409 e. The molecular weight excluding hydrogens is 320 g/mol. The zero-order valence-electron chi connectivity index (χ0n) is 11.0. The van der Waals surface area contributed by atoms with Gasteiger partial charge in [-0.2, -0.15) is 0 Å². The van der Waals surface area contributed by atoms with Crippen molar-refractivity contribution < 1.29 is 5.21 Å². The quantitative estimate of drug-likeness (QED) is 0.390. The van der Waals surface area contributed by atoms with E-state index in [1.165, 1.54) is 5.56 Å². The van der Waals surface area contributed by atoms with Crippen molar-refractivity contribution in [2.24, 2.45) is 10.9 Å². The minimum atomic E-state index is 0.0543. The van der Waals surface area contributed by atoms with Crippen molar-refractivity contribution >= 4 is 27.6 Å². The van der Waals surface area contributed by atoms with Crippen LogP contribution >= 0.6 is 15.9 Å². The molecule has 20 heavy (non-hydrogen) atoms. The van der Waals surface area contributed by atoms with Crippen molar-refractivity contribution in [3.8, 4) is 0 Å². The van der Waals surface area contributed by atoms with Gasteiger partial charge in [-0.05, 0) is 29.8 Å². The number of anilines is 1. The summed E-state index contributed by atoms with van der Waals surface area (Å²) in [6.07, 6.45) is 1.59. The van der Waals surface area contributed by atoms with Crippen LogP contribution in [0.15, 0.2) is 52.2 Å². The Morgan fingerprint density at radius 3 is 2.80 bits per heavy atom. The molecule has 0 saturated heterocycles. The van der Waals surface area contributed by atoms with Crippen LogP contribution in [0.3, 0.4) is 0 Å². The molecule has 0 spiro atoms. The SMILES string of the molecule is CN(Cc1cccc(Br)c1)c1ccc(C(N)=NO)cn1. The van der Waals surface area contributed by atoms with Crippen LogP contribution in [0, 0.1) is 0 Å². The van der Waals surface area contributed by atoms with Crippen LogP contribution in [0.1, 0.15) is 11.1 Å². The van der Waals surface area contributed by atoms with Gasteiger partial charge in [0.05, 0.1) is 0 Å². The smallest absolute Gasteiger partial charge is 0.171 e. The summed E-state index contributed by atoms with van der Waals surface area (Å²) in [5, 5.41) is 11.6. The average Bonchev–Trinajstić information content (AvgIpc) is 2.46. The van der Waals surface area contributed by atoms with E-state index in [-0.39, 0.29) is 5.84 Å². The third kappa shape index (κ3) is 3.48. The highest BCUT2D eigenvalue weighted by Gasteiger charge is 2.05. The van der Waals surface area contributed by atoms with Crippen LogP contribution < -0.4 is 10.6 Å². The average molecular weight is 335 g/mol. The first kappa shape index (κ1) is 14.3. The van der Waals surface area contributed by atoms with Crippen LogP contribution in [0.4, 0.5) is 5.82 Å². The highest BCUT2D eigenvalue weighted by molar-refractivity contribution is 9.10. The van der Waals surface area contributed by atoms with Crippen LogP contribution in [0.25, 0.3) is 0 Å². The number of rotatable bonds is 4. The van der Waals surface area contributed by atoms with Gasteiger partial charge in [0.15, 0.2) is 5.84 Å². The maximum Gasteiger partial charge on any atom is 0.171 e. The van der Waals surface area contributed by atoms with Gasteiger partial charge in [0, 0.05) is 29.8 Å². The molecule has 0 aliphatic carbocycles. The number of hydrogen-bond acceptors (Lipinski definition) is 4. The standard InChI is InChI=1S/C14H15BrN4O/c1-19(9-10-3-2-4-12(15)7-10)13-6-5-11(8-17-13)14(16)18-20/h2-8,20H,9H2,1H3,(H2,16,18). The van der Waals surface area contributed by atoms with E-state index in [1.807, 2.05) is 30.1 Å². The molecule has 1 aromatic carbocycles. The highest BCUT2D eigenvalue weighted by Crippen LogP contribution is 2.16. The molecule has 2 aromatic rings. The fourth-order valence-corrected chi connectivity index (χ4v) is 2.26. The van der Waals surface area contributed by atoms with Gasteiger partial charge < -0.3 is 15.8 Å². The predicted octanol–water partition coefficient (Wildman–Crippen LogP) is 2.58. The van der Waals surface area contributed by atoms with Gasteiger partial charge in [0.25, 0.3) is 0 Å². The summed E-state index contributed by atoms with van der Waals surface area (Å²) in [5.41, 5.74) is 7.28. The topological polar surface area (TPSA) is 74.7 Å². The Labute approximate surface area is 125 Å². The molecule has 0 saturated carbocycles. The molecule has 104 valence electrons. The van der Waals surface area contributed by atoms with Gasteiger partial charge in [0.1, 0.15) is 5.82 Å². The lowest BCUT2D eigenvalue weighted by Gasteiger charge is -2.18. The van der Waals surface area contributed by atoms with Crippen molar-refractivity contribution in [1.29, 1.82) is 0 Å². The lowest BCUT2D eigenvalue weighted by atomic mass is 10.2. The number of halogens is 1. The van der Waals surface area contributed by atoms with Crippen molar-refractivity contribution in [2.45, 2.75) is 6.54 Å². The minimum absolute atomic E-state index is 0.0543. The van der Waals surface area contributed by atoms with E-state index in [1.54, 1.807) is 12.3 Å². The van der Waals surface area contributed by atoms with Gasteiger partial charge in [0.2, 0.25) is 0 Å². The first-order chi connectivity index (χ1) is 9.60. The number of hydrogen-bond donors (Lipinski definition) is 2. The Balaban J connectivity index is 2.11. The highest BCUT2D eigenvalue weighted by atomic mass is 79.9. The van der Waals surface area contributed by atoms with Crippen molar-refractivity contribution in [2.75, 3.05) is 11.9 Å². The van der Waals surface area contributed by atoms with E-state index >= 15 is 0 Å². The third-order valence-corrected chi connectivity index (χ3v) is 3.34. The summed E-state index contributed by atoms with van der Waals surface area (Å²) in [4.78, 5) is 6.33. The maximum absolute atomic E-state index is 8.61. The summed E-state index contributed by atoms with van der Waals surface area (Å²) >= 11 is 3.46. The van der Waals surface area contributed by atoms with E-state index in [4.69, 9.17) is 10.9 Å². The monoisotopic (exact) mass is 334 g/mol. The summed E-state index contributed by atoms with van der Waals surface area (Å²) in [6.45, 7) is 0.745. The van der Waals surface area contributed by atoms with Gasteiger partial charge in [-0.15, -0.1) is 0 Å². The maximum atomic E-state index is 8.61. The molecule has 0 aliphatic rings. The normalized spacial score (nSPS) is 11.4. The second-order valence-corrected chi connectivity index (χ2v) is 5.29. The molecule has 0 amide bonds. The number of oxime groups is 1. The molecule has 0 fully saturated rings. The molecule has 5 nitrogen and oxygen atoms in total. The van der Waals surface area contributed by atoms with Gasteiger partial charge >= 0.3 is 0 Å². The van der Waals surface area contributed by atoms with Crippen LogP contribution in [-0.2, 0) is 6.54 Å². The summed E-state index contributed by atoms with van der Waals surface area (Å²) in [7, 11) is 1.96. The fraction of sp³-hybridized carbons (Fsp3) is 0.143. The summed E-state index contributed by atoms with van der Waals surface area (Å²) < 4.78 is 1.05. The Kier molecular flexibility index (Phi) is 4.57. The number of benzene rings is 1. The molecule has 1 aromatic heterocycles. The first-order valence-corrected chi connectivity index (χ1v) is 6.79. The number of nitrogens with zero attached hydrogens (tertiary/aromatic N) is 3. The molecule has 0 atom stereocenters. The van der Waals surface area contributed by atoms with Gasteiger partial charge in [-0.3, -0.25) is 0 Å². The lowest BCUT2D eigenvalue weighted by molar-refractivity contribution is 0.318. The van der Waals surface area contributed by atoms with E-state index in [2.05, 4.69) is 38.2 Å². The summed E-state index contributed by atoms with van der Waals surface area (Å²) in [5.74, 6) is 0.873. The lowest BCUT2D eigenvalue weighted by Crippen LogP contribution is -2.19. The zero-order valence-corrected chi connectivity index (χ0v) is 12.6. The van der Waals surface area contributed by atoms with E-state index in [0.717, 1.165) is 16.8 Å². The number of nitrogens with two attached hydrogens (primary N) is 1. The van der Waals surface area contributed by atoms with Crippen LogP contribution in [0.2, 0.25) is 0 Å².